The Balaban J connectivity index is 1.66. The third kappa shape index (κ3) is 6.49. The first-order valence-corrected chi connectivity index (χ1v) is 8.06. The predicted molar refractivity (Wildman–Crippen MR) is 84.3 cm³/mol. The van der Waals surface area contributed by atoms with Gasteiger partial charge in [-0.1, -0.05) is 30.3 Å². The predicted octanol–water partition coefficient (Wildman–Crippen LogP) is 2.59. The number of carbonyl (C=O) groups excluding carboxylic acids is 1. The van der Waals surface area contributed by atoms with Crippen molar-refractivity contribution in [2.75, 3.05) is 26.2 Å². The highest BCUT2D eigenvalue weighted by molar-refractivity contribution is 5.80. The van der Waals surface area contributed by atoms with Gasteiger partial charge >= 0.3 is 6.18 Å². The number of halogens is 3. The number of rotatable bonds is 7. The fourth-order valence-electron chi connectivity index (χ4n) is 2.74. The molecule has 1 aromatic carbocycles. The molecule has 2 rings (SSSR count). The number of ether oxygens (including phenoxy) is 1. The van der Waals surface area contributed by atoms with E-state index >= 15 is 0 Å². The van der Waals surface area contributed by atoms with Crippen molar-refractivity contribution in [2.24, 2.45) is 5.92 Å². The van der Waals surface area contributed by atoms with Crippen LogP contribution in [-0.4, -0.2) is 49.3 Å². The number of likely N-dealkylation sites (tertiary alicyclic amines) is 1. The summed E-state index contributed by atoms with van der Waals surface area (Å²) in [6.07, 6.45) is -4.11. The Kier molecular flexibility index (Phi) is 6.62. The zero-order valence-electron chi connectivity index (χ0n) is 13.7. The fourth-order valence-corrected chi connectivity index (χ4v) is 2.74. The third-order valence-electron chi connectivity index (χ3n) is 4.05. The largest absolute Gasteiger partial charge is 0.401 e. The van der Waals surface area contributed by atoms with E-state index in [-0.39, 0.29) is 11.8 Å². The summed E-state index contributed by atoms with van der Waals surface area (Å²) < 4.78 is 42.6. The molecule has 24 heavy (non-hydrogen) atoms. The zero-order chi connectivity index (χ0) is 17.6. The van der Waals surface area contributed by atoms with E-state index in [0.717, 1.165) is 5.56 Å². The second-order valence-electron chi connectivity index (χ2n) is 6.19. The molecule has 1 saturated heterocycles. The van der Waals surface area contributed by atoms with Gasteiger partial charge in [-0.2, -0.15) is 13.2 Å². The second kappa shape index (κ2) is 8.48. The molecule has 0 radical (unpaired) electrons. The first-order chi connectivity index (χ1) is 11.3. The van der Waals surface area contributed by atoms with Crippen LogP contribution >= 0.6 is 0 Å². The molecule has 0 spiro atoms. The highest BCUT2D eigenvalue weighted by atomic mass is 19.4. The number of nitrogens with zero attached hydrogens (tertiary/aromatic N) is 1. The molecule has 0 saturated carbocycles. The molecule has 0 aromatic heterocycles. The molecule has 2 atom stereocenters. The minimum absolute atomic E-state index is 0.0534. The molecule has 1 N–H and O–H groups in total. The van der Waals surface area contributed by atoms with E-state index < -0.39 is 18.8 Å². The minimum Gasteiger partial charge on any atom is -0.364 e. The van der Waals surface area contributed by atoms with E-state index in [1.54, 1.807) is 6.92 Å². The normalized spacial score (nSPS) is 20.1. The summed E-state index contributed by atoms with van der Waals surface area (Å²) in [5, 5.41) is 2.77. The maximum absolute atomic E-state index is 12.4. The van der Waals surface area contributed by atoms with Crippen LogP contribution in [0.2, 0.25) is 0 Å². The van der Waals surface area contributed by atoms with E-state index in [9.17, 15) is 18.0 Å². The van der Waals surface area contributed by atoms with E-state index in [4.69, 9.17) is 4.74 Å². The number of benzene rings is 1. The Bertz CT molecular complexity index is 522. The smallest absolute Gasteiger partial charge is 0.364 e. The lowest BCUT2D eigenvalue weighted by Gasteiger charge is -2.18. The number of nitrogens with one attached hydrogen (secondary N) is 1. The molecule has 7 heteroatoms. The van der Waals surface area contributed by atoms with Crippen LogP contribution in [-0.2, 0) is 16.1 Å². The Labute approximate surface area is 140 Å². The van der Waals surface area contributed by atoms with Crippen LogP contribution in [0.1, 0.15) is 18.9 Å². The van der Waals surface area contributed by atoms with Gasteiger partial charge in [-0.15, -0.1) is 0 Å². The van der Waals surface area contributed by atoms with Gasteiger partial charge in [0, 0.05) is 13.1 Å². The molecule has 0 bridgehead atoms. The Morgan fingerprint density at radius 2 is 2.08 bits per heavy atom. The van der Waals surface area contributed by atoms with Crippen molar-refractivity contribution >= 4 is 5.91 Å². The van der Waals surface area contributed by atoms with Crippen molar-refractivity contribution in [3.8, 4) is 0 Å². The topological polar surface area (TPSA) is 41.6 Å². The van der Waals surface area contributed by atoms with Crippen molar-refractivity contribution in [1.82, 2.24) is 10.2 Å². The molecule has 1 amide bonds. The lowest BCUT2D eigenvalue weighted by Crippen LogP contribution is -2.38. The van der Waals surface area contributed by atoms with Gasteiger partial charge in [-0.05, 0) is 31.4 Å². The van der Waals surface area contributed by atoms with Gasteiger partial charge in [0.2, 0.25) is 5.91 Å². The third-order valence-corrected chi connectivity index (χ3v) is 4.05. The van der Waals surface area contributed by atoms with Crippen LogP contribution in [0, 0.1) is 5.92 Å². The van der Waals surface area contributed by atoms with Crippen molar-refractivity contribution in [3.63, 3.8) is 0 Å². The van der Waals surface area contributed by atoms with Gasteiger partial charge in [-0.3, -0.25) is 9.69 Å². The number of hydrogen-bond acceptors (Lipinski definition) is 3. The average Bonchev–Trinajstić information content (AvgIpc) is 2.96. The first kappa shape index (κ1) is 18.7. The second-order valence-corrected chi connectivity index (χ2v) is 6.19. The summed E-state index contributed by atoms with van der Waals surface area (Å²) in [6, 6.07) is 9.53. The van der Waals surface area contributed by atoms with E-state index in [0.29, 0.717) is 32.7 Å². The van der Waals surface area contributed by atoms with Gasteiger partial charge in [0.05, 0.1) is 13.2 Å². The number of alkyl halides is 3. The quantitative estimate of drug-likeness (QED) is 0.827. The zero-order valence-corrected chi connectivity index (χ0v) is 13.7. The molecule has 0 aliphatic carbocycles. The van der Waals surface area contributed by atoms with Gasteiger partial charge in [0.1, 0.15) is 6.10 Å². The molecule has 1 fully saturated rings. The van der Waals surface area contributed by atoms with Crippen LogP contribution in [0.25, 0.3) is 0 Å². The average molecular weight is 344 g/mol. The summed E-state index contributed by atoms with van der Waals surface area (Å²) in [5.41, 5.74) is 0.982. The molecule has 4 nitrogen and oxygen atoms in total. The molecule has 134 valence electrons. The summed E-state index contributed by atoms with van der Waals surface area (Å²) in [7, 11) is 0. The highest BCUT2D eigenvalue weighted by Gasteiger charge is 2.34. The maximum atomic E-state index is 12.4. The van der Waals surface area contributed by atoms with Crippen molar-refractivity contribution < 1.29 is 22.7 Å². The number of carbonyl (C=O) groups is 1. The van der Waals surface area contributed by atoms with Gasteiger partial charge in [-0.25, -0.2) is 0 Å². The molecule has 1 aliphatic heterocycles. The molecule has 1 aliphatic rings. The van der Waals surface area contributed by atoms with Crippen LogP contribution in [0.4, 0.5) is 13.2 Å². The Morgan fingerprint density at radius 3 is 2.75 bits per heavy atom. The molecular weight excluding hydrogens is 321 g/mol. The summed E-state index contributed by atoms with van der Waals surface area (Å²) >= 11 is 0. The Hall–Kier alpha value is -1.60. The van der Waals surface area contributed by atoms with Crippen molar-refractivity contribution in [1.29, 1.82) is 0 Å². The molecule has 1 aromatic rings. The van der Waals surface area contributed by atoms with Gasteiger partial charge in [0.15, 0.2) is 0 Å². The summed E-state index contributed by atoms with van der Waals surface area (Å²) in [6.45, 7) is 2.29. The first-order valence-electron chi connectivity index (χ1n) is 8.06. The van der Waals surface area contributed by atoms with Crippen LogP contribution < -0.4 is 5.32 Å². The van der Waals surface area contributed by atoms with E-state index in [1.165, 1.54) is 4.90 Å². The molecular formula is C17H23F3N2O2. The van der Waals surface area contributed by atoms with Crippen LogP contribution in [0.3, 0.4) is 0 Å². The highest BCUT2D eigenvalue weighted by Crippen LogP contribution is 2.22. The van der Waals surface area contributed by atoms with Crippen molar-refractivity contribution in [2.45, 2.75) is 32.2 Å². The number of amides is 1. The van der Waals surface area contributed by atoms with Gasteiger partial charge in [0.25, 0.3) is 0 Å². The molecule has 1 heterocycles. The standard InChI is InChI=1S/C17H23F3N2O2/c1-13(24-11-14-5-3-2-4-6-14)16(23)21-9-15-7-8-22(10-15)12-17(18,19)20/h2-6,13,15H,7-12H2,1H3,(H,21,23)/t13-,15-/m1/s1. The van der Waals surface area contributed by atoms with Crippen molar-refractivity contribution in [3.05, 3.63) is 35.9 Å². The van der Waals surface area contributed by atoms with Gasteiger partial charge < -0.3 is 10.1 Å². The molecule has 0 unspecified atom stereocenters. The fraction of sp³-hybridized carbons (Fsp3) is 0.588. The number of hydrogen-bond donors (Lipinski definition) is 1. The van der Waals surface area contributed by atoms with E-state index in [2.05, 4.69) is 5.32 Å². The van der Waals surface area contributed by atoms with Crippen LogP contribution in [0.5, 0.6) is 0 Å². The SMILES string of the molecule is C[C@@H](OCc1ccccc1)C(=O)NC[C@H]1CCN(CC(F)(F)F)C1. The lowest BCUT2D eigenvalue weighted by atomic mass is 10.1. The van der Waals surface area contributed by atoms with E-state index in [1.807, 2.05) is 30.3 Å². The van der Waals surface area contributed by atoms with Crippen LogP contribution in [0.15, 0.2) is 30.3 Å². The lowest BCUT2D eigenvalue weighted by molar-refractivity contribution is -0.144. The summed E-state index contributed by atoms with van der Waals surface area (Å²) in [4.78, 5) is 13.4. The Morgan fingerprint density at radius 1 is 1.38 bits per heavy atom. The minimum atomic E-state index is -4.17. The maximum Gasteiger partial charge on any atom is 0.401 e. The monoisotopic (exact) mass is 344 g/mol. The summed E-state index contributed by atoms with van der Waals surface area (Å²) in [5.74, 6) is -0.183.